The first-order valence-corrected chi connectivity index (χ1v) is 10.1. The maximum Gasteiger partial charge on any atom is 0.501 e. The molecule has 0 aliphatic carbocycles. The van der Waals surface area contributed by atoms with Crippen LogP contribution in [0.5, 0.6) is 0 Å². The number of ketones is 2. The molecule has 0 saturated carbocycles. The summed E-state index contributed by atoms with van der Waals surface area (Å²) in [5.41, 5.74) is 0. The van der Waals surface area contributed by atoms with Gasteiger partial charge in [-0.05, 0) is 13.0 Å². The normalized spacial score (nSPS) is 12.0. The summed E-state index contributed by atoms with van der Waals surface area (Å²) < 4.78 is 32.5. The summed E-state index contributed by atoms with van der Waals surface area (Å²) in [4.78, 5) is 23.6. The maximum absolute atomic E-state index is 12.0. The zero-order valence-electron chi connectivity index (χ0n) is 15.6. The number of hydrogen-bond acceptors (Lipinski definition) is 8. The number of rotatable bonds is 17. The van der Waals surface area contributed by atoms with E-state index in [1.54, 1.807) is 28.3 Å². The number of carbonyl (C=O) groups is 2. The fraction of sp³-hybridized carbons (Fsp3) is 0.750. The first kappa shape index (κ1) is 24.1. The van der Waals surface area contributed by atoms with Crippen LogP contribution >= 0.6 is 0 Å². The molecule has 0 spiro atoms. The van der Waals surface area contributed by atoms with E-state index in [1.807, 2.05) is 0 Å². The van der Waals surface area contributed by atoms with Crippen molar-refractivity contribution in [3.8, 4) is 0 Å². The van der Waals surface area contributed by atoms with Gasteiger partial charge in [0.2, 0.25) is 11.6 Å². The third-order valence-electron chi connectivity index (χ3n) is 3.08. The van der Waals surface area contributed by atoms with Crippen molar-refractivity contribution in [3.63, 3.8) is 0 Å². The monoisotopic (exact) mass is 378 g/mol. The van der Waals surface area contributed by atoms with E-state index in [1.165, 1.54) is 12.2 Å². The van der Waals surface area contributed by atoms with Crippen LogP contribution in [0.1, 0.15) is 13.3 Å². The van der Waals surface area contributed by atoms with Crippen molar-refractivity contribution in [2.45, 2.75) is 19.4 Å². The molecule has 0 N–H and O–H groups in total. The summed E-state index contributed by atoms with van der Waals surface area (Å²) in [5.74, 6) is -1.05. The van der Waals surface area contributed by atoms with Gasteiger partial charge in [-0.2, -0.15) is 0 Å². The molecule has 0 aromatic carbocycles. The number of methoxy groups -OCH3 is 3. The van der Waals surface area contributed by atoms with E-state index in [0.29, 0.717) is 19.8 Å². The molecule has 0 aromatic heterocycles. The van der Waals surface area contributed by atoms with Gasteiger partial charge in [0.1, 0.15) is 0 Å². The van der Waals surface area contributed by atoms with Crippen LogP contribution in [0.25, 0.3) is 0 Å². The van der Waals surface area contributed by atoms with Crippen LogP contribution in [-0.2, 0) is 37.1 Å². The molecule has 0 heterocycles. The third-order valence-corrected chi connectivity index (χ3v) is 5.87. The van der Waals surface area contributed by atoms with E-state index in [9.17, 15) is 9.59 Å². The molecule has 0 saturated heterocycles. The molecule has 0 aliphatic rings. The van der Waals surface area contributed by atoms with Gasteiger partial charge in [0.15, 0.2) is 0 Å². The second kappa shape index (κ2) is 15.3. The minimum atomic E-state index is -3.18. The van der Waals surface area contributed by atoms with E-state index in [-0.39, 0.29) is 32.3 Å². The highest BCUT2D eigenvalue weighted by Crippen LogP contribution is 2.19. The molecule has 0 rings (SSSR count). The molecule has 0 unspecified atom stereocenters. The number of carbonyl (C=O) groups excluding carboxylic acids is 2. The summed E-state index contributed by atoms with van der Waals surface area (Å²) in [6, 6.07) is 0.201. The molecular weight excluding hydrogens is 348 g/mol. The molecule has 0 atom stereocenters. The Morgan fingerprint density at radius 1 is 0.800 bits per heavy atom. The van der Waals surface area contributed by atoms with Gasteiger partial charge >= 0.3 is 8.80 Å². The van der Waals surface area contributed by atoms with Crippen molar-refractivity contribution < 1.29 is 37.1 Å². The van der Waals surface area contributed by atoms with E-state index < -0.39 is 20.4 Å². The molecule has 9 heteroatoms. The standard InChI is InChI=1S/C16H30O8Si/c1-5-6-15(17)16(18)7-14-25(22-11-8-19-2,23-12-9-20-3)24-13-10-21-4/h5-6H,7-14H2,1-4H3. The lowest BCUT2D eigenvalue weighted by atomic mass is 10.2. The summed E-state index contributed by atoms with van der Waals surface area (Å²) in [6.45, 7) is 3.56. The summed E-state index contributed by atoms with van der Waals surface area (Å²) in [6.07, 6.45) is 2.77. The van der Waals surface area contributed by atoms with E-state index in [4.69, 9.17) is 27.5 Å². The fourth-order valence-corrected chi connectivity index (χ4v) is 4.22. The number of hydrogen-bond donors (Lipinski definition) is 0. The average Bonchev–Trinajstić information content (AvgIpc) is 2.60. The fourth-order valence-electron chi connectivity index (χ4n) is 1.82. The largest absolute Gasteiger partial charge is 0.501 e. The Labute approximate surface area is 150 Å². The molecule has 0 bridgehead atoms. The molecule has 0 fully saturated rings. The van der Waals surface area contributed by atoms with Crippen molar-refractivity contribution in [2.24, 2.45) is 0 Å². The second-order valence-electron chi connectivity index (χ2n) is 4.99. The summed E-state index contributed by atoms with van der Waals surface area (Å²) in [5, 5.41) is 0. The highest BCUT2D eigenvalue weighted by molar-refractivity contribution is 6.61. The number of allylic oxidation sites excluding steroid dienone is 2. The van der Waals surface area contributed by atoms with Crippen molar-refractivity contribution >= 4 is 20.4 Å². The highest BCUT2D eigenvalue weighted by Gasteiger charge is 2.42. The quantitative estimate of drug-likeness (QED) is 0.160. The van der Waals surface area contributed by atoms with Gasteiger partial charge in [0.05, 0.1) is 39.6 Å². The van der Waals surface area contributed by atoms with Gasteiger partial charge in [-0.3, -0.25) is 9.59 Å². The zero-order chi connectivity index (χ0) is 19.0. The van der Waals surface area contributed by atoms with Crippen molar-refractivity contribution in [2.75, 3.05) is 61.0 Å². The lowest BCUT2D eigenvalue weighted by Gasteiger charge is -2.29. The van der Waals surface area contributed by atoms with Gasteiger partial charge < -0.3 is 27.5 Å². The smallest absolute Gasteiger partial charge is 0.382 e. The minimum Gasteiger partial charge on any atom is -0.382 e. The first-order valence-electron chi connectivity index (χ1n) is 8.13. The van der Waals surface area contributed by atoms with Crippen LogP contribution in [0, 0.1) is 0 Å². The molecule has 8 nitrogen and oxygen atoms in total. The van der Waals surface area contributed by atoms with Crippen LogP contribution in [0.4, 0.5) is 0 Å². The molecule has 0 aliphatic heterocycles. The maximum atomic E-state index is 12.0. The zero-order valence-corrected chi connectivity index (χ0v) is 16.6. The lowest BCUT2D eigenvalue weighted by molar-refractivity contribution is -0.133. The number of Topliss-reactive ketones (excluding diaryl/α,β-unsaturated/α-hetero) is 1. The van der Waals surface area contributed by atoms with Crippen LogP contribution in [0.2, 0.25) is 6.04 Å². The Bertz CT molecular complexity index is 373. The Balaban J connectivity index is 4.96. The van der Waals surface area contributed by atoms with Crippen LogP contribution in [0.15, 0.2) is 12.2 Å². The molecule has 146 valence electrons. The van der Waals surface area contributed by atoms with Crippen molar-refractivity contribution in [1.29, 1.82) is 0 Å². The predicted molar refractivity (Wildman–Crippen MR) is 93.5 cm³/mol. The number of ether oxygens (including phenoxy) is 3. The van der Waals surface area contributed by atoms with Gasteiger partial charge in [-0.1, -0.05) is 6.08 Å². The molecule has 0 amide bonds. The van der Waals surface area contributed by atoms with Crippen LogP contribution < -0.4 is 0 Å². The first-order chi connectivity index (χ1) is 12.0. The van der Waals surface area contributed by atoms with E-state index >= 15 is 0 Å². The van der Waals surface area contributed by atoms with E-state index in [0.717, 1.165) is 0 Å². The second-order valence-corrected chi connectivity index (χ2v) is 7.73. The Hall–Kier alpha value is -0.943. The van der Waals surface area contributed by atoms with Gasteiger partial charge in [0.25, 0.3) is 0 Å². The van der Waals surface area contributed by atoms with Crippen LogP contribution in [-0.4, -0.2) is 81.3 Å². The summed E-state index contributed by atoms with van der Waals surface area (Å²) in [7, 11) is 1.50. The lowest BCUT2D eigenvalue weighted by Crippen LogP contribution is -2.48. The Morgan fingerprint density at radius 2 is 1.24 bits per heavy atom. The van der Waals surface area contributed by atoms with Gasteiger partial charge in [0, 0.05) is 33.8 Å². The molecule has 25 heavy (non-hydrogen) atoms. The third kappa shape index (κ3) is 11.3. The minimum absolute atomic E-state index is 0.0116. The highest BCUT2D eigenvalue weighted by atomic mass is 28.4. The molecule has 0 aromatic rings. The van der Waals surface area contributed by atoms with E-state index in [2.05, 4.69) is 0 Å². The summed E-state index contributed by atoms with van der Waals surface area (Å²) >= 11 is 0. The Morgan fingerprint density at radius 3 is 1.60 bits per heavy atom. The van der Waals surface area contributed by atoms with Crippen molar-refractivity contribution in [1.82, 2.24) is 0 Å². The average molecular weight is 378 g/mol. The topological polar surface area (TPSA) is 89.5 Å². The van der Waals surface area contributed by atoms with Crippen LogP contribution in [0.3, 0.4) is 0 Å². The predicted octanol–water partition coefficient (Wildman–Crippen LogP) is 1.02. The van der Waals surface area contributed by atoms with Crippen molar-refractivity contribution in [3.05, 3.63) is 12.2 Å². The molecular formula is C16H30O8Si. The van der Waals surface area contributed by atoms with Gasteiger partial charge in [-0.15, -0.1) is 0 Å². The van der Waals surface area contributed by atoms with Gasteiger partial charge in [-0.25, -0.2) is 0 Å². The SMILES string of the molecule is CC=CC(=O)C(=O)CC[Si](OCCOC)(OCCOC)OCCOC. The Kier molecular flexibility index (Phi) is 14.7. The molecule has 0 radical (unpaired) electrons.